The van der Waals surface area contributed by atoms with Crippen LogP contribution in [0.2, 0.25) is 0 Å². The first kappa shape index (κ1) is 12.4. The Morgan fingerprint density at radius 3 is 2.25 bits per heavy atom. The number of halogens is 2. The predicted octanol–water partition coefficient (Wildman–Crippen LogP) is 3.44. The van der Waals surface area contributed by atoms with Crippen LogP contribution in [0.5, 0.6) is 5.75 Å². The molecule has 1 rings (SSSR count). The first-order chi connectivity index (χ1) is 7.49. The fourth-order valence-corrected chi connectivity index (χ4v) is 1.15. The third-order valence-electron chi connectivity index (χ3n) is 1.78. The number of carbonyl (C=O) groups excluding carboxylic acids is 1. The molecule has 0 atom stereocenters. The summed E-state index contributed by atoms with van der Waals surface area (Å²) in [6.45, 7) is 0.776. The maximum absolute atomic E-state index is 11.9. The topological polar surface area (TPSA) is 26.3 Å². The SMILES string of the molecule is CC(C)=CC(=O)c1ccc(OC(F)F)cc1. The highest BCUT2D eigenvalue weighted by atomic mass is 19.3. The number of hydrogen-bond donors (Lipinski definition) is 0. The maximum Gasteiger partial charge on any atom is 0.387 e. The van der Waals surface area contributed by atoms with Crippen LogP contribution in [-0.4, -0.2) is 12.4 Å². The zero-order valence-corrected chi connectivity index (χ0v) is 9.04. The Labute approximate surface area is 92.5 Å². The molecule has 4 heteroatoms. The molecule has 0 radical (unpaired) electrons. The third-order valence-corrected chi connectivity index (χ3v) is 1.78. The molecule has 0 heterocycles. The molecule has 0 aliphatic heterocycles. The molecule has 16 heavy (non-hydrogen) atoms. The second-order valence-electron chi connectivity index (χ2n) is 3.49. The molecule has 1 aromatic rings. The van der Waals surface area contributed by atoms with Gasteiger partial charge < -0.3 is 4.74 Å². The van der Waals surface area contributed by atoms with Gasteiger partial charge in [-0.15, -0.1) is 0 Å². The molecule has 0 saturated heterocycles. The molecule has 0 spiro atoms. The van der Waals surface area contributed by atoms with Crippen molar-refractivity contribution < 1.29 is 18.3 Å². The maximum atomic E-state index is 11.9. The Kier molecular flexibility index (Phi) is 4.17. The van der Waals surface area contributed by atoms with Gasteiger partial charge in [0.2, 0.25) is 0 Å². The molecule has 0 unspecified atom stereocenters. The normalized spacial score (nSPS) is 10.1. The van der Waals surface area contributed by atoms with Gasteiger partial charge in [-0.3, -0.25) is 4.79 Å². The second kappa shape index (κ2) is 5.39. The predicted molar refractivity (Wildman–Crippen MR) is 56.8 cm³/mol. The molecule has 86 valence electrons. The van der Waals surface area contributed by atoms with E-state index in [1.807, 2.05) is 13.8 Å². The summed E-state index contributed by atoms with van der Waals surface area (Å²) in [4.78, 5) is 11.5. The first-order valence-corrected chi connectivity index (χ1v) is 4.73. The van der Waals surface area contributed by atoms with Gasteiger partial charge in [-0.05, 0) is 44.2 Å². The van der Waals surface area contributed by atoms with Gasteiger partial charge in [0, 0.05) is 5.56 Å². The number of benzene rings is 1. The van der Waals surface area contributed by atoms with Crippen LogP contribution in [0, 0.1) is 0 Å². The molecule has 0 aromatic heterocycles. The van der Waals surface area contributed by atoms with Crippen LogP contribution < -0.4 is 4.74 Å². The van der Waals surface area contributed by atoms with Crippen molar-refractivity contribution in [2.75, 3.05) is 0 Å². The van der Waals surface area contributed by atoms with Gasteiger partial charge in [0.15, 0.2) is 5.78 Å². The molecule has 0 fully saturated rings. The summed E-state index contributed by atoms with van der Waals surface area (Å²) in [7, 11) is 0. The number of ketones is 1. The van der Waals surface area contributed by atoms with E-state index < -0.39 is 6.61 Å². The molecule has 0 aliphatic rings. The van der Waals surface area contributed by atoms with Crippen LogP contribution in [0.4, 0.5) is 8.78 Å². The van der Waals surface area contributed by atoms with E-state index in [1.165, 1.54) is 30.3 Å². The van der Waals surface area contributed by atoms with E-state index in [2.05, 4.69) is 4.74 Å². The zero-order valence-electron chi connectivity index (χ0n) is 9.04. The number of ether oxygens (including phenoxy) is 1. The van der Waals surface area contributed by atoms with Crippen molar-refractivity contribution in [2.45, 2.75) is 20.5 Å². The lowest BCUT2D eigenvalue weighted by Gasteiger charge is -2.04. The van der Waals surface area contributed by atoms with Crippen molar-refractivity contribution in [1.82, 2.24) is 0 Å². The largest absolute Gasteiger partial charge is 0.435 e. The van der Waals surface area contributed by atoms with Crippen LogP contribution in [0.1, 0.15) is 24.2 Å². The van der Waals surface area contributed by atoms with E-state index in [1.54, 1.807) is 0 Å². The monoisotopic (exact) mass is 226 g/mol. The summed E-state index contributed by atoms with van der Waals surface area (Å²) >= 11 is 0. The van der Waals surface area contributed by atoms with E-state index in [0.717, 1.165) is 5.57 Å². The first-order valence-electron chi connectivity index (χ1n) is 4.73. The van der Waals surface area contributed by atoms with Crippen molar-refractivity contribution in [1.29, 1.82) is 0 Å². The van der Waals surface area contributed by atoms with Crippen molar-refractivity contribution in [3.05, 3.63) is 41.5 Å². The standard InChI is InChI=1S/C12H12F2O2/c1-8(2)7-11(15)9-3-5-10(6-4-9)16-12(13)14/h3-7,12H,1-2H3. The Bertz CT molecular complexity index is 390. The molecule has 0 bridgehead atoms. The third kappa shape index (κ3) is 3.81. The Morgan fingerprint density at radius 2 is 1.81 bits per heavy atom. The molecule has 0 saturated carbocycles. The van der Waals surface area contributed by atoms with Crippen LogP contribution in [0.15, 0.2) is 35.9 Å². The zero-order chi connectivity index (χ0) is 12.1. The smallest absolute Gasteiger partial charge is 0.387 e. The average molecular weight is 226 g/mol. The van der Waals surface area contributed by atoms with E-state index in [0.29, 0.717) is 5.56 Å². The highest BCUT2D eigenvalue weighted by Crippen LogP contribution is 2.15. The molecular weight excluding hydrogens is 214 g/mol. The number of carbonyl (C=O) groups is 1. The van der Waals surface area contributed by atoms with Crippen LogP contribution in [-0.2, 0) is 0 Å². The highest BCUT2D eigenvalue weighted by molar-refractivity contribution is 6.04. The van der Waals surface area contributed by atoms with Gasteiger partial charge in [0.25, 0.3) is 0 Å². The van der Waals surface area contributed by atoms with Crippen molar-refractivity contribution in [3.8, 4) is 5.75 Å². The summed E-state index contributed by atoms with van der Waals surface area (Å²) < 4.78 is 27.9. The number of allylic oxidation sites excluding steroid dienone is 2. The van der Waals surface area contributed by atoms with Crippen LogP contribution in [0.3, 0.4) is 0 Å². The Balaban J connectivity index is 2.79. The minimum absolute atomic E-state index is 0.0451. The lowest BCUT2D eigenvalue weighted by Crippen LogP contribution is -2.02. The van der Waals surface area contributed by atoms with Gasteiger partial charge in [-0.25, -0.2) is 0 Å². The summed E-state index contributed by atoms with van der Waals surface area (Å²) in [6.07, 6.45) is 1.49. The fourth-order valence-electron chi connectivity index (χ4n) is 1.15. The average Bonchev–Trinajstić information content (AvgIpc) is 2.16. The fraction of sp³-hybridized carbons (Fsp3) is 0.250. The Hall–Kier alpha value is -1.71. The van der Waals surface area contributed by atoms with Crippen molar-refractivity contribution >= 4 is 5.78 Å². The lowest BCUT2D eigenvalue weighted by molar-refractivity contribution is -0.0498. The molecule has 1 aromatic carbocycles. The van der Waals surface area contributed by atoms with E-state index in [4.69, 9.17) is 0 Å². The number of hydrogen-bond acceptors (Lipinski definition) is 2. The molecule has 0 amide bonds. The van der Waals surface area contributed by atoms with E-state index in [9.17, 15) is 13.6 Å². The van der Waals surface area contributed by atoms with E-state index >= 15 is 0 Å². The Morgan fingerprint density at radius 1 is 1.25 bits per heavy atom. The number of alkyl halides is 2. The van der Waals surface area contributed by atoms with Crippen LogP contribution in [0.25, 0.3) is 0 Å². The summed E-state index contributed by atoms with van der Waals surface area (Å²) in [5.41, 5.74) is 1.33. The highest BCUT2D eigenvalue weighted by Gasteiger charge is 2.06. The molecule has 2 nitrogen and oxygen atoms in total. The van der Waals surface area contributed by atoms with Gasteiger partial charge in [0.05, 0.1) is 0 Å². The van der Waals surface area contributed by atoms with Gasteiger partial charge >= 0.3 is 6.61 Å². The lowest BCUT2D eigenvalue weighted by atomic mass is 10.1. The van der Waals surface area contributed by atoms with Gasteiger partial charge in [-0.2, -0.15) is 8.78 Å². The van der Waals surface area contributed by atoms with Crippen molar-refractivity contribution in [2.24, 2.45) is 0 Å². The minimum Gasteiger partial charge on any atom is -0.435 e. The summed E-state index contributed by atoms with van der Waals surface area (Å²) in [6, 6.07) is 5.61. The molecular formula is C12H12F2O2. The molecule has 0 N–H and O–H groups in total. The minimum atomic E-state index is -2.85. The van der Waals surface area contributed by atoms with Crippen LogP contribution >= 0.6 is 0 Å². The molecule has 0 aliphatic carbocycles. The second-order valence-corrected chi connectivity index (χ2v) is 3.49. The summed E-state index contributed by atoms with van der Waals surface area (Å²) in [5.74, 6) is -0.104. The van der Waals surface area contributed by atoms with E-state index in [-0.39, 0.29) is 11.5 Å². The summed E-state index contributed by atoms with van der Waals surface area (Å²) in [5, 5.41) is 0. The number of rotatable bonds is 4. The quantitative estimate of drug-likeness (QED) is 0.580. The van der Waals surface area contributed by atoms with Crippen molar-refractivity contribution in [3.63, 3.8) is 0 Å². The van der Waals surface area contributed by atoms with Gasteiger partial charge in [-0.1, -0.05) is 5.57 Å². The van der Waals surface area contributed by atoms with Gasteiger partial charge in [0.1, 0.15) is 5.75 Å².